The van der Waals surface area contributed by atoms with Crippen LogP contribution in [-0.2, 0) is 4.74 Å². The van der Waals surface area contributed by atoms with E-state index in [4.69, 9.17) is 17.0 Å². The highest BCUT2D eigenvalue weighted by molar-refractivity contribution is 7.78. The highest BCUT2D eigenvalue weighted by Gasteiger charge is 2.19. The first-order valence-corrected chi connectivity index (χ1v) is 7.41. The maximum absolute atomic E-state index is 5.31. The van der Waals surface area contributed by atoms with Crippen molar-refractivity contribution in [2.75, 3.05) is 7.11 Å². The Hall–Kier alpha value is -1.61. The van der Waals surface area contributed by atoms with Crippen molar-refractivity contribution in [2.45, 2.75) is 26.7 Å². The van der Waals surface area contributed by atoms with Gasteiger partial charge in [0.05, 0.1) is 18.4 Å². The highest BCUT2D eigenvalue weighted by atomic mass is 32.1. The van der Waals surface area contributed by atoms with Gasteiger partial charge in [-0.05, 0) is 41.7 Å². The van der Waals surface area contributed by atoms with Crippen molar-refractivity contribution in [2.24, 2.45) is 5.92 Å². The zero-order valence-electron chi connectivity index (χ0n) is 12.3. The maximum atomic E-state index is 5.31. The second-order valence-corrected chi connectivity index (χ2v) is 5.41. The van der Waals surface area contributed by atoms with Gasteiger partial charge in [0, 0.05) is 18.3 Å². The molecule has 0 radical (unpaired) electrons. The molecule has 2 nitrogen and oxygen atoms in total. The molecule has 0 aromatic heterocycles. The normalized spacial score (nSPS) is 20.7. The van der Waals surface area contributed by atoms with E-state index in [0.29, 0.717) is 5.92 Å². The quantitative estimate of drug-likeness (QED) is 0.707. The Kier molecular flexibility index (Phi) is 4.96. The molecule has 0 atom stereocenters. The third-order valence-corrected chi connectivity index (χ3v) is 3.80. The van der Waals surface area contributed by atoms with Gasteiger partial charge in [0.2, 0.25) is 0 Å². The monoisotopic (exact) mass is 287 g/mol. The van der Waals surface area contributed by atoms with Crippen molar-refractivity contribution in [3.05, 3.63) is 59.2 Å². The van der Waals surface area contributed by atoms with E-state index in [2.05, 4.69) is 38.2 Å². The molecule has 0 bridgehead atoms. The summed E-state index contributed by atoms with van der Waals surface area (Å²) in [5, 5.41) is 0. The van der Waals surface area contributed by atoms with E-state index in [0.717, 1.165) is 18.6 Å². The Morgan fingerprint density at radius 2 is 2.10 bits per heavy atom. The minimum absolute atomic E-state index is 0.447. The first kappa shape index (κ1) is 14.8. The van der Waals surface area contributed by atoms with E-state index in [1.807, 2.05) is 17.2 Å². The molecule has 0 saturated heterocycles. The van der Waals surface area contributed by atoms with Gasteiger partial charge in [-0.25, -0.2) is 0 Å². The summed E-state index contributed by atoms with van der Waals surface area (Å²) < 4.78 is 5.31. The molecule has 0 saturated carbocycles. The largest absolute Gasteiger partial charge is 0.501 e. The van der Waals surface area contributed by atoms with Gasteiger partial charge in [-0.2, -0.15) is 0 Å². The fourth-order valence-corrected chi connectivity index (χ4v) is 2.80. The summed E-state index contributed by atoms with van der Waals surface area (Å²) in [5.41, 5.74) is 5.60. The predicted octanol–water partition coefficient (Wildman–Crippen LogP) is 4.49. The number of rotatable bonds is 4. The smallest absolute Gasteiger partial charge is 0.0958 e. The third kappa shape index (κ3) is 3.10. The summed E-state index contributed by atoms with van der Waals surface area (Å²) in [6, 6.07) is 0. The van der Waals surface area contributed by atoms with Gasteiger partial charge in [0.15, 0.2) is 0 Å². The minimum Gasteiger partial charge on any atom is -0.501 e. The van der Waals surface area contributed by atoms with E-state index in [1.165, 1.54) is 16.8 Å². The van der Waals surface area contributed by atoms with Crippen molar-refractivity contribution in [3.8, 4) is 0 Å². The molecule has 20 heavy (non-hydrogen) atoms. The average Bonchev–Trinajstić information content (AvgIpc) is 2.48. The number of ether oxygens (including phenoxy) is 1. The molecule has 106 valence electrons. The molecule has 2 rings (SSSR count). The van der Waals surface area contributed by atoms with Crippen LogP contribution in [0.15, 0.2) is 59.2 Å². The van der Waals surface area contributed by atoms with Gasteiger partial charge in [-0.1, -0.05) is 38.2 Å². The van der Waals surface area contributed by atoms with Gasteiger partial charge >= 0.3 is 0 Å². The average molecular weight is 287 g/mol. The fourth-order valence-electron chi connectivity index (χ4n) is 2.62. The molecule has 0 aromatic carbocycles. The molecular formula is C17H21NOS. The molecule has 2 aliphatic rings. The SMILES string of the molecule is COC1=CC=C(/C(=C2\C=CC=CN2C=S)C(C)C)CC1. The van der Waals surface area contributed by atoms with E-state index in [-0.39, 0.29) is 0 Å². The molecule has 0 amide bonds. The van der Waals surface area contributed by atoms with E-state index < -0.39 is 0 Å². The van der Waals surface area contributed by atoms with Crippen LogP contribution in [0, 0.1) is 5.92 Å². The number of hydrogen-bond acceptors (Lipinski definition) is 2. The molecular weight excluding hydrogens is 266 g/mol. The van der Waals surface area contributed by atoms with E-state index in [9.17, 15) is 0 Å². The molecule has 0 unspecified atom stereocenters. The van der Waals surface area contributed by atoms with Crippen LogP contribution in [0.25, 0.3) is 0 Å². The highest BCUT2D eigenvalue weighted by Crippen LogP contribution is 2.33. The lowest BCUT2D eigenvalue weighted by Gasteiger charge is -2.27. The summed E-state index contributed by atoms with van der Waals surface area (Å²) in [5.74, 6) is 1.50. The second kappa shape index (κ2) is 6.71. The number of methoxy groups -OCH3 is 1. The molecule has 0 aromatic rings. The maximum Gasteiger partial charge on any atom is 0.0958 e. The molecule has 0 N–H and O–H groups in total. The lowest BCUT2D eigenvalue weighted by atomic mass is 9.87. The van der Waals surface area contributed by atoms with Crippen LogP contribution in [0.4, 0.5) is 0 Å². The van der Waals surface area contributed by atoms with Crippen molar-refractivity contribution in [1.82, 2.24) is 4.90 Å². The van der Waals surface area contributed by atoms with Gasteiger partial charge in [0.1, 0.15) is 0 Å². The summed E-state index contributed by atoms with van der Waals surface area (Å²) in [4.78, 5) is 2.01. The lowest BCUT2D eigenvalue weighted by molar-refractivity contribution is 0.275. The van der Waals surface area contributed by atoms with Crippen LogP contribution >= 0.6 is 12.2 Å². The predicted molar refractivity (Wildman–Crippen MR) is 88.0 cm³/mol. The zero-order valence-corrected chi connectivity index (χ0v) is 13.1. The lowest BCUT2D eigenvalue weighted by Crippen LogP contribution is -2.19. The second-order valence-electron chi connectivity index (χ2n) is 5.20. The van der Waals surface area contributed by atoms with Crippen LogP contribution in [-0.4, -0.2) is 17.5 Å². The summed E-state index contributed by atoms with van der Waals surface area (Å²) in [6.45, 7) is 4.46. The van der Waals surface area contributed by atoms with Crippen LogP contribution in [0.1, 0.15) is 26.7 Å². The van der Waals surface area contributed by atoms with Crippen molar-refractivity contribution in [1.29, 1.82) is 0 Å². The molecule has 1 heterocycles. The van der Waals surface area contributed by atoms with Crippen LogP contribution in [0.3, 0.4) is 0 Å². The molecule has 1 aliphatic heterocycles. The molecule has 0 fully saturated rings. The summed E-state index contributed by atoms with van der Waals surface area (Å²) >= 11 is 5.12. The van der Waals surface area contributed by atoms with Crippen LogP contribution < -0.4 is 0 Å². The number of thiocarbonyl (C=S) groups is 1. The Morgan fingerprint density at radius 1 is 1.30 bits per heavy atom. The zero-order chi connectivity index (χ0) is 14.5. The number of allylic oxidation sites excluding steroid dienone is 8. The van der Waals surface area contributed by atoms with Gasteiger partial charge < -0.3 is 9.64 Å². The number of nitrogens with zero attached hydrogens (tertiary/aromatic N) is 1. The third-order valence-electron chi connectivity index (χ3n) is 3.58. The van der Waals surface area contributed by atoms with Crippen LogP contribution in [0.2, 0.25) is 0 Å². The first-order valence-electron chi connectivity index (χ1n) is 6.94. The Bertz CT molecular complexity index is 535. The Labute approximate surface area is 126 Å². The first-order chi connectivity index (χ1) is 9.67. The van der Waals surface area contributed by atoms with Gasteiger partial charge in [-0.3, -0.25) is 0 Å². The molecule has 0 spiro atoms. The van der Waals surface area contributed by atoms with Gasteiger partial charge in [-0.15, -0.1) is 0 Å². The standard InChI is InChI=1S/C17H21NOS/c1-13(2)17(14-7-9-15(19-3)10-8-14)16-6-4-5-11-18(16)12-20/h4-7,9,11-13H,8,10H2,1-3H3/b17-16+. The summed E-state index contributed by atoms with van der Waals surface area (Å²) in [6.07, 6.45) is 14.4. The Balaban J connectivity index is 2.44. The van der Waals surface area contributed by atoms with Crippen LogP contribution in [0.5, 0.6) is 0 Å². The molecule has 1 aliphatic carbocycles. The van der Waals surface area contributed by atoms with Gasteiger partial charge in [0.25, 0.3) is 0 Å². The summed E-state index contributed by atoms with van der Waals surface area (Å²) in [7, 11) is 1.73. The van der Waals surface area contributed by atoms with E-state index >= 15 is 0 Å². The van der Waals surface area contributed by atoms with Crippen molar-refractivity contribution in [3.63, 3.8) is 0 Å². The number of hydrogen-bond donors (Lipinski definition) is 0. The van der Waals surface area contributed by atoms with Crippen molar-refractivity contribution >= 4 is 17.7 Å². The Morgan fingerprint density at radius 3 is 2.65 bits per heavy atom. The molecule has 3 heteroatoms. The fraction of sp³-hybridized carbons (Fsp3) is 0.353. The van der Waals surface area contributed by atoms with E-state index in [1.54, 1.807) is 12.6 Å². The minimum atomic E-state index is 0.447. The topological polar surface area (TPSA) is 12.5 Å². The van der Waals surface area contributed by atoms with Crippen molar-refractivity contribution < 1.29 is 4.74 Å².